The highest BCUT2D eigenvalue weighted by Crippen LogP contribution is 2.25. The lowest BCUT2D eigenvalue weighted by Gasteiger charge is -2.34. The summed E-state index contributed by atoms with van der Waals surface area (Å²) in [7, 11) is 0. The van der Waals surface area contributed by atoms with E-state index in [0.29, 0.717) is 30.0 Å². The van der Waals surface area contributed by atoms with Gasteiger partial charge in [0.05, 0.1) is 6.20 Å². The maximum absolute atomic E-state index is 13.1. The molecule has 5 nitrogen and oxygen atoms in total. The van der Waals surface area contributed by atoms with Crippen molar-refractivity contribution in [3.8, 4) is 11.3 Å². The minimum atomic E-state index is -0.333. The van der Waals surface area contributed by atoms with Crippen LogP contribution < -0.4 is 0 Å². The normalized spacial score (nSPS) is 15.1. The minimum absolute atomic E-state index is 0.102. The Morgan fingerprint density at radius 2 is 1.70 bits per heavy atom. The van der Waals surface area contributed by atoms with Gasteiger partial charge in [0.15, 0.2) is 5.76 Å². The summed E-state index contributed by atoms with van der Waals surface area (Å²) in [5.74, 6) is -0.0534. The lowest BCUT2D eigenvalue weighted by atomic mass is 10.1. The monoisotopic (exact) mass is 365 g/mol. The second-order valence-electron chi connectivity index (χ2n) is 6.63. The smallest absolute Gasteiger partial charge is 0.259 e. The molecule has 0 unspecified atom stereocenters. The van der Waals surface area contributed by atoms with Gasteiger partial charge >= 0.3 is 0 Å². The molecule has 4 rings (SSSR count). The van der Waals surface area contributed by atoms with Crippen LogP contribution in [0.25, 0.3) is 11.3 Å². The van der Waals surface area contributed by atoms with Crippen molar-refractivity contribution in [3.05, 3.63) is 77.7 Å². The third-order valence-electron chi connectivity index (χ3n) is 4.82. The number of halogens is 1. The SMILES string of the molecule is O=C(c1cnoc1-c1ccc(F)cc1)N1CCN(Cc2ccccc2)CC1. The molecule has 138 valence electrons. The number of benzene rings is 2. The molecule has 2 aromatic carbocycles. The fraction of sp³-hybridized carbons (Fsp3) is 0.238. The number of nitrogens with zero attached hydrogens (tertiary/aromatic N) is 3. The maximum Gasteiger partial charge on any atom is 0.259 e. The first-order chi connectivity index (χ1) is 13.2. The van der Waals surface area contributed by atoms with Crippen LogP contribution in [0.3, 0.4) is 0 Å². The molecule has 1 aromatic heterocycles. The van der Waals surface area contributed by atoms with Crippen LogP contribution >= 0.6 is 0 Å². The molecule has 0 aliphatic carbocycles. The van der Waals surface area contributed by atoms with E-state index in [0.717, 1.165) is 19.6 Å². The molecule has 0 bridgehead atoms. The van der Waals surface area contributed by atoms with Gasteiger partial charge in [0, 0.05) is 38.3 Å². The Kier molecular flexibility index (Phi) is 4.98. The summed E-state index contributed by atoms with van der Waals surface area (Å²) in [5, 5.41) is 3.78. The first kappa shape index (κ1) is 17.4. The van der Waals surface area contributed by atoms with E-state index in [-0.39, 0.29) is 11.7 Å². The first-order valence-corrected chi connectivity index (χ1v) is 8.97. The zero-order chi connectivity index (χ0) is 18.6. The van der Waals surface area contributed by atoms with Gasteiger partial charge in [-0.15, -0.1) is 0 Å². The Hall–Kier alpha value is -2.99. The van der Waals surface area contributed by atoms with Crippen LogP contribution in [0, 0.1) is 5.82 Å². The summed E-state index contributed by atoms with van der Waals surface area (Å²) in [4.78, 5) is 17.1. The number of hydrogen-bond acceptors (Lipinski definition) is 4. The van der Waals surface area contributed by atoms with Crippen LogP contribution in [0.2, 0.25) is 0 Å². The van der Waals surface area contributed by atoms with E-state index in [9.17, 15) is 9.18 Å². The van der Waals surface area contributed by atoms with Crippen molar-refractivity contribution in [1.29, 1.82) is 0 Å². The summed E-state index contributed by atoms with van der Waals surface area (Å²) in [6.45, 7) is 3.83. The molecule has 0 N–H and O–H groups in total. The summed E-state index contributed by atoms with van der Waals surface area (Å²) >= 11 is 0. The zero-order valence-electron chi connectivity index (χ0n) is 14.8. The lowest BCUT2D eigenvalue weighted by Crippen LogP contribution is -2.48. The van der Waals surface area contributed by atoms with Crippen molar-refractivity contribution in [3.63, 3.8) is 0 Å². The number of carbonyl (C=O) groups is 1. The Bertz CT molecular complexity index is 901. The second-order valence-corrected chi connectivity index (χ2v) is 6.63. The highest BCUT2D eigenvalue weighted by Gasteiger charge is 2.26. The summed E-state index contributed by atoms with van der Waals surface area (Å²) in [5.41, 5.74) is 2.33. The number of aromatic nitrogens is 1. The fourth-order valence-corrected chi connectivity index (χ4v) is 3.32. The van der Waals surface area contributed by atoms with E-state index in [1.165, 1.54) is 23.9 Å². The van der Waals surface area contributed by atoms with Gasteiger partial charge in [-0.25, -0.2) is 4.39 Å². The number of piperazine rings is 1. The van der Waals surface area contributed by atoms with Gasteiger partial charge in [-0.3, -0.25) is 9.69 Å². The zero-order valence-corrected chi connectivity index (χ0v) is 14.8. The summed E-state index contributed by atoms with van der Waals surface area (Å²) in [6, 6.07) is 16.2. The van der Waals surface area contributed by atoms with Crippen molar-refractivity contribution in [2.75, 3.05) is 26.2 Å². The van der Waals surface area contributed by atoms with Crippen LogP contribution in [0.15, 0.2) is 65.3 Å². The number of amides is 1. The summed E-state index contributed by atoms with van der Waals surface area (Å²) < 4.78 is 18.4. The molecule has 1 aliphatic heterocycles. The molecule has 1 saturated heterocycles. The van der Waals surface area contributed by atoms with Crippen molar-refractivity contribution < 1.29 is 13.7 Å². The van der Waals surface area contributed by atoms with Gasteiger partial charge in [0.25, 0.3) is 5.91 Å². The van der Waals surface area contributed by atoms with Gasteiger partial charge in [-0.05, 0) is 29.8 Å². The van der Waals surface area contributed by atoms with Crippen LogP contribution in [-0.2, 0) is 6.54 Å². The van der Waals surface area contributed by atoms with Crippen molar-refractivity contribution in [2.45, 2.75) is 6.54 Å². The van der Waals surface area contributed by atoms with Crippen LogP contribution in [0.5, 0.6) is 0 Å². The number of rotatable bonds is 4. The quantitative estimate of drug-likeness (QED) is 0.711. The van der Waals surface area contributed by atoms with Crippen LogP contribution in [0.4, 0.5) is 4.39 Å². The molecule has 27 heavy (non-hydrogen) atoms. The average Bonchev–Trinajstić information content (AvgIpc) is 3.19. The predicted molar refractivity (Wildman–Crippen MR) is 99.5 cm³/mol. The molecule has 0 spiro atoms. The minimum Gasteiger partial charge on any atom is -0.355 e. The van der Waals surface area contributed by atoms with Gasteiger partial charge in [0.1, 0.15) is 11.4 Å². The molecular formula is C21H20FN3O2. The van der Waals surface area contributed by atoms with E-state index in [2.05, 4.69) is 22.2 Å². The Morgan fingerprint density at radius 1 is 1.00 bits per heavy atom. The van der Waals surface area contributed by atoms with Gasteiger partial charge in [0.2, 0.25) is 0 Å². The van der Waals surface area contributed by atoms with E-state index in [1.807, 2.05) is 23.1 Å². The molecule has 2 heterocycles. The lowest BCUT2D eigenvalue weighted by molar-refractivity contribution is 0.0629. The first-order valence-electron chi connectivity index (χ1n) is 8.97. The average molecular weight is 365 g/mol. The predicted octanol–water partition coefficient (Wildman–Crippen LogP) is 3.44. The van der Waals surface area contributed by atoms with Crippen LogP contribution in [-0.4, -0.2) is 47.0 Å². The fourth-order valence-electron chi connectivity index (χ4n) is 3.32. The topological polar surface area (TPSA) is 49.6 Å². The summed E-state index contributed by atoms with van der Waals surface area (Å²) in [6.07, 6.45) is 1.44. The van der Waals surface area contributed by atoms with Crippen molar-refractivity contribution in [2.24, 2.45) is 0 Å². The Labute approximate surface area is 157 Å². The van der Waals surface area contributed by atoms with Crippen LogP contribution in [0.1, 0.15) is 15.9 Å². The van der Waals surface area contributed by atoms with E-state index < -0.39 is 0 Å². The second kappa shape index (κ2) is 7.72. The molecule has 0 atom stereocenters. The van der Waals surface area contributed by atoms with Crippen molar-refractivity contribution >= 4 is 5.91 Å². The third-order valence-corrected chi connectivity index (χ3v) is 4.82. The Morgan fingerprint density at radius 3 is 2.41 bits per heavy atom. The molecule has 1 amide bonds. The Balaban J connectivity index is 1.42. The maximum atomic E-state index is 13.1. The van der Waals surface area contributed by atoms with Gasteiger partial charge in [-0.1, -0.05) is 35.5 Å². The molecule has 1 fully saturated rings. The molecule has 0 radical (unpaired) electrons. The largest absolute Gasteiger partial charge is 0.355 e. The highest BCUT2D eigenvalue weighted by atomic mass is 19.1. The van der Waals surface area contributed by atoms with Crippen molar-refractivity contribution in [1.82, 2.24) is 15.0 Å². The molecule has 1 aliphatic rings. The molecule has 0 saturated carbocycles. The molecular weight excluding hydrogens is 345 g/mol. The number of hydrogen-bond donors (Lipinski definition) is 0. The van der Waals surface area contributed by atoms with E-state index in [1.54, 1.807) is 12.1 Å². The molecule has 3 aromatic rings. The highest BCUT2D eigenvalue weighted by molar-refractivity contribution is 5.99. The van der Waals surface area contributed by atoms with Gasteiger partial charge in [-0.2, -0.15) is 0 Å². The van der Waals surface area contributed by atoms with E-state index >= 15 is 0 Å². The van der Waals surface area contributed by atoms with E-state index in [4.69, 9.17) is 4.52 Å². The molecule has 6 heteroatoms. The standard InChI is InChI=1S/C21H20FN3O2/c22-18-8-6-17(7-9-18)20-19(14-23-27-20)21(26)25-12-10-24(11-13-25)15-16-4-2-1-3-5-16/h1-9,14H,10-13,15H2. The van der Waals surface area contributed by atoms with Gasteiger partial charge < -0.3 is 9.42 Å². The third kappa shape index (κ3) is 3.90. The number of carbonyl (C=O) groups excluding carboxylic acids is 1.